The molecule has 20 heavy (non-hydrogen) atoms. The first-order valence-corrected chi connectivity index (χ1v) is 6.59. The molecule has 2 aromatic rings. The van der Waals surface area contributed by atoms with Crippen LogP contribution in [0.15, 0.2) is 24.3 Å². The van der Waals surface area contributed by atoms with E-state index in [4.69, 9.17) is 11.0 Å². The molecule has 1 aromatic heterocycles. The summed E-state index contributed by atoms with van der Waals surface area (Å²) in [6.07, 6.45) is 0. The largest absolute Gasteiger partial charge is 0.394 e. The molecule has 0 atom stereocenters. The first-order chi connectivity index (χ1) is 9.56. The second-order valence-corrected chi connectivity index (χ2v) is 4.81. The van der Waals surface area contributed by atoms with Gasteiger partial charge in [0.2, 0.25) is 0 Å². The molecule has 0 radical (unpaired) electrons. The van der Waals surface area contributed by atoms with Gasteiger partial charge in [0.1, 0.15) is 0 Å². The highest BCUT2D eigenvalue weighted by molar-refractivity contribution is 5.66. The summed E-state index contributed by atoms with van der Waals surface area (Å²) in [6.45, 7) is 5.41. The van der Waals surface area contributed by atoms with Gasteiger partial charge in [0.15, 0.2) is 5.82 Å². The number of rotatable bonds is 4. The van der Waals surface area contributed by atoms with Crippen LogP contribution in [0, 0.1) is 18.3 Å². The van der Waals surface area contributed by atoms with E-state index in [-0.39, 0.29) is 0 Å². The molecule has 2 rings (SSSR count). The monoisotopic (exact) mass is 269 g/mol. The lowest BCUT2D eigenvalue weighted by Crippen LogP contribution is -2.21. The van der Waals surface area contributed by atoms with E-state index in [1.165, 1.54) is 0 Å². The standard InChI is InChI=1S/C15H19N5/c1-4-20-15(14(17)11(2)18-20)19(3)10-13-7-5-6-12(8-13)9-16/h5-8H,4,10,17H2,1-3H3. The second kappa shape index (κ2) is 5.66. The Morgan fingerprint density at radius 3 is 2.85 bits per heavy atom. The van der Waals surface area contributed by atoms with Crippen LogP contribution < -0.4 is 10.6 Å². The van der Waals surface area contributed by atoms with Gasteiger partial charge in [-0.2, -0.15) is 10.4 Å². The van der Waals surface area contributed by atoms with Gasteiger partial charge in [0, 0.05) is 20.1 Å². The van der Waals surface area contributed by atoms with E-state index in [1.807, 2.05) is 43.8 Å². The van der Waals surface area contributed by atoms with Crippen molar-refractivity contribution in [1.29, 1.82) is 5.26 Å². The minimum Gasteiger partial charge on any atom is -0.394 e. The molecule has 5 nitrogen and oxygen atoms in total. The number of aryl methyl sites for hydroxylation is 2. The average Bonchev–Trinajstić information content (AvgIpc) is 2.74. The summed E-state index contributed by atoms with van der Waals surface area (Å²) < 4.78 is 1.90. The molecule has 0 amide bonds. The second-order valence-electron chi connectivity index (χ2n) is 4.81. The van der Waals surface area contributed by atoms with Crippen molar-refractivity contribution in [3.63, 3.8) is 0 Å². The summed E-state index contributed by atoms with van der Waals surface area (Å²) in [4.78, 5) is 2.06. The van der Waals surface area contributed by atoms with Crippen LogP contribution in [0.1, 0.15) is 23.7 Å². The van der Waals surface area contributed by atoms with Crippen molar-refractivity contribution in [1.82, 2.24) is 9.78 Å². The Labute approximate surface area is 119 Å². The summed E-state index contributed by atoms with van der Waals surface area (Å²) >= 11 is 0. The molecule has 0 unspecified atom stereocenters. The Kier molecular flexibility index (Phi) is 3.94. The van der Waals surface area contributed by atoms with Crippen molar-refractivity contribution in [2.75, 3.05) is 17.7 Å². The van der Waals surface area contributed by atoms with Crippen LogP contribution in [-0.2, 0) is 13.1 Å². The number of nitrogens with zero attached hydrogens (tertiary/aromatic N) is 4. The molecular formula is C15H19N5. The maximum atomic E-state index is 8.95. The maximum Gasteiger partial charge on any atom is 0.150 e. The topological polar surface area (TPSA) is 70.9 Å². The number of nitriles is 1. The maximum absolute atomic E-state index is 8.95. The van der Waals surface area contributed by atoms with Gasteiger partial charge in [-0.05, 0) is 31.5 Å². The zero-order valence-corrected chi connectivity index (χ0v) is 12.1. The Bertz CT molecular complexity index is 651. The number of anilines is 2. The highest BCUT2D eigenvalue weighted by atomic mass is 15.4. The van der Waals surface area contributed by atoms with E-state index >= 15 is 0 Å². The number of aromatic nitrogens is 2. The molecule has 0 bridgehead atoms. The minimum atomic E-state index is 0.670. The molecule has 5 heteroatoms. The van der Waals surface area contributed by atoms with Crippen molar-refractivity contribution in [3.05, 3.63) is 41.1 Å². The highest BCUT2D eigenvalue weighted by Gasteiger charge is 2.15. The minimum absolute atomic E-state index is 0.670. The van der Waals surface area contributed by atoms with Crippen LogP contribution in [0.2, 0.25) is 0 Å². The molecule has 0 aliphatic rings. The summed E-state index contributed by atoms with van der Waals surface area (Å²) in [7, 11) is 1.98. The van der Waals surface area contributed by atoms with Crippen molar-refractivity contribution in [3.8, 4) is 6.07 Å². The summed E-state index contributed by atoms with van der Waals surface area (Å²) in [5, 5.41) is 13.4. The van der Waals surface area contributed by atoms with Gasteiger partial charge >= 0.3 is 0 Å². The van der Waals surface area contributed by atoms with E-state index in [1.54, 1.807) is 6.07 Å². The number of benzene rings is 1. The molecule has 0 aliphatic heterocycles. The predicted molar refractivity (Wildman–Crippen MR) is 80.3 cm³/mol. The van der Waals surface area contributed by atoms with Gasteiger partial charge < -0.3 is 10.6 Å². The quantitative estimate of drug-likeness (QED) is 0.924. The van der Waals surface area contributed by atoms with Gasteiger partial charge in [0.05, 0.1) is 23.0 Å². The molecule has 0 aliphatic carbocycles. The van der Waals surface area contributed by atoms with E-state index in [0.717, 1.165) is 23.6 Å². The van der Waals surface area contributed by atoms with Gasteiger partial charge in [-0.3, -0.25) is 0 Å². The van der Waals surface area contributed by atoms with Crippen molar-refractivity contribution >= 4 is 11.5 Å². The highest BCUT2D eigenvalue weighted by Crippen LogP contribution is 2.26. The fourth-order valence-corrected chi connectivity index (χ4v) is 2.29. The SMILES string of the molecule is CCn1nc(C)c(N)c1N(C)Cc1cccc(C#N)c1. The first-order valence-electron chi connectivity index (χ1n) is 6.59. The van der Waals surface area contributed by atoms with Crippen molar-refractivity contribution in [2.24, 2.45) is 0 Å². The smallest absolute Gasteiger partial charge is 0.150 e. The molecule has 0 saturated heterocycles. The summed E-state index contributed by atoms with van der Waals surface area (Å²) in [5.74, 6) is 0.923. The predicted octanol–water partition coefficient (Wildman–Crippen LogP) is 2.30. The fourth-order valence-electron chi connectivity index (χ4n) is 2.29. The molecule has 104 valence electrons. The molecule has 0 fully saturated rings. The van der Waals surface area contributed by atoms with Crippen molar-refractivity contribution in [2.45, 2.75) is 26.9 Å². The number of nitrogen functional groups attached to an aromatic ring is 1. The molecule has 1 heterocycles. The Balaban J connectivity index is 2.28. The Morgan fingerprint density at radius 1 is 1.45 bits per heavy atom. The van der Waals surface area contributed by atoms with Gasteiger partial charge in [0.25, 0.3) is 0 Å². The van der Waals surface area contributed by atoms with Crippen LogP contribution in [0.5, 0.6) is 0 Å². The third-order valence-electron chi connectivity index (χ3n) is 3.28. The Hall–Kier alpha value is -2.48. The third kappa shape index (κ3) is 2.59. The summed E-state index contributed by atoms with van der Waals surface area (Å²) in [6, 6.07) is 9.76. The number of hydrogen-bond donors (Lipinski definition) is 1. The number of hydrogen-bond acceptors (Lipinski definition) is 4. The number of nitrogens with two attached hydrogens (primary N) is 1. The van der Waals surface area contributed by atoms with Gasteiger partial charge in [-0.15, -0.1) is 0 Å². The molecule has 0 spiro atoms. The van der Waals surface area contributed by atoms with E-state index in [2.05, 4.69) is 16.1 Å². The molecule has 1 aromatic carbocycles. The van der Waals surface area contributed by atoms with E-state index in [0.29, 0.717) is 17.8 Å². The molecular weight excluding hydrogens is 250 g/mol. The summed E-state index contributed by atoms with van der Waals surface area (Å²) in [5.41, 5.74) is 9.42. The zero-order valence-electron chi connectivity index (χ0n) is 12.1. The third-order valence-corrected chi connectivity index (χ3v) is 3.28. The fraction of sp³-hybridized carbons (Fsp3) is 0.333. The molecule has 2 N–H and O–H groups in total. The lowest BCUT2D eigenvalue weighted by molar-refractivity contribution is 0.640. The van der Waals surface area contributed by atoms with E-state index in [9.17, 15) is 0 Å². The lowest BCUT2D eigenvalue weighted by atomic mass is 10.1. The first kappa shape index (κ1) is 13.9. The Morgan fingerprint density at radius 2 is 2.20 bits per heavy atom. The molecule has 0 saturated carbocycles. The van der Waals surface area contributed by atoms with Crippen LogP contribution in [0.25, 0.3) is 0 Å². The van der Waals surface area contributed by atoms with Crippen LogP contribution in [0.3, 0.4) is 0 Å². The lowest BCUT2D eigenvalue weighted by Gasteiger charge is -2.21. The normalized spacial score (nSPS) is 10.3. The van der Waals surface area contributed by atoms with Gasteiger partial charge in [-0.25, -0.2) is 4.68 Å². The van der Waals surface area contributed by atoms with Crippen molar-refractivity contribution < 1.29 is 0 Å². The van der Waals surface area contributed by atoms with Gasteiger partial charge in [-0.1, -0.05) is 12.1 Å². The van der Waals surface area contributed by atoms with Crippen LogP contribution >= 0.6 is 0 Å². The van der Waals surface area contributed by atoms with E-state index < -0.39 is 0 Å². The average molecular weight is 269 g/mol. The van der Waals surface area contributed by atoms with Crippen LogP contribution in [-0.4, -0.2) is 16.8 Å². The zero-order chi connectivity index (χ0) is 14.7. The van der Waals surface area contributed by atoms with Crippen LogP contribution in [0.4, 0.5) is 11.5 Å².